The van der Waals surface area contributed by atoms with Crippen LogP contribution in [-0.2, 0) is 6.54 Å². The summed E-state index contributed by atoms with van der Waals surface area (Å²) >= 11 is 0. The van der Waals surface area contributed by atoms with Crippen LogP contribution in [0.4, 0.5) is 0 Å². The van der Waals surface area contributed by atoms with Crippen molar-refractivity contribution in [2.45, 2.75) is 26.8 Å². The zero-order valence-corrected chi connectivity index (χ0v) is 11.5. The number of benzene rings is 1. The number of nitrogens with zero attached hydrogens (tertiary/aromatic N) is 1. The fraction of sp³-hybridized carbons (Fsp3) is 0.312. The monoisotopic (exact) mass is 256 g/mol. The van der Waals surface area contributed by atoms with Crippen LogP contribution in [-0.4, -0.2) is 11.5 Å². The summed E-state index contributed by atoms with van der Waals surface area (Å²) in [6.45, 7) is 6.02. The van der Waals surface area contributed by atoms with Gasteiger partial charge in [-0.15, -0.1) is 0 Å². The summed E-state index contributed by atoms with van der Waals surface area (Å²) < 4.78 is 5.87. The molecule has 1 aromatic carbocycles. The first-order valence-corrected chi connectivity index (χ1v) is 6.68. The molecule has 0 aliphatic heterocycles. The van der Waals surface area contributed by atoms with E-state index in [-0.39, 0.29) is 0 Å². The first-order valence-electron chi connectivity index (χ1n) is 6.68. The minimum atomic E-state index is 0.807. The van der Waals surface area contributed by atoms with Crippen LogP contribution in [0.15, 0.2) is 42.6 Å². The van der Waals surface area contributed by atoms with Gasteiger partial charge in [0, 0.05) is 12.7 Å². The Morgan fingerprint density at radius 3 is 2.89 bits per heavy atom. The van der Waals surface area contributed by atoms with Gasteiger partial charge >= 0.3 is 0 Å². The van der Waals surface area contributed by atoms with Crippen LogP contribution in [0.3, 0.4) is 0 Å². The van der Waals surface area contributed by atoms with Crippen molar-refractivity contribution in [3.05, 3.63) is 53.9 Å². The highest BCUT2D eigenvalue weighted by Gasteiger charge is 2.02. The summed E-state index contributed by atoms with van der Waals surface area (Å²) in [7, 11) is 0. The van der Waals surface area contributed by atoms with Crippen LogP contribution in [0.1, 0.15) is 24.6 Å². The van der Waals surface area contributed by atoms with Crippen molar-refractivity contribution in [2.75, 3.05) is 6.54 Å². The third kappa shape index (κ3) is 4.07. The SMILES string of the molecule is CCCNCc1cccc(Oc2cccnc2C)c1. The summed E-state index contributed by atoms with van der Waals surface area (Å²) in [4.78, 5) is 4.22. The Morgan fingerprint density at radius 1 is 1.21 bits per heavy atom. The highest BCUT2D eigenvalue weighted by molar-refractivity contribution is 5.35. The lowest BCUT2D eigenvalue weighted by molar-refractivity contribution is 0.474. The third-order valence-corrected chi connectivity index (χ3v) is 2.84. The molecule has 1 N–H and O–H groups in total. The van der Waals surface area contributed by atoms with Crippen LogP contribution in [0, 0.1) is 6.92 Å². The maximum absolute atomic E-state index is 5.87. The Morgan fingerprint density at radius 2 is 2.11 bits per heavy atom. The first kappa shape index (κ1) is 13.6. The normalized spacial score (nSPS) is 10.4. The smallest absolute Gasteiger partial charge is 0.148 e. The van der Waals surface area contributed by atoms with E-state index in [1.807, 2.05) is 31.2 Å². The summed E-state index contributed by atoms with van der Waals surface area (Å²) in [5.41, 5.74) is 2.13. The Balaban J connectivity index is 2.05. The molecule has 0 unspecified atom stereocenters. The molecule has 0 atom stereocenters. The summed E-state index contributed by atoms with van der Waals surface area (Å²) in [5.74, 6) is 1.66. The fourth-order valence-electron chi connectivity index (χ4n) is 1.83. The van der Waals surface area contributed by atoms with Crippen molar-refractivity contribution >= 4 is 0 Å². The maximum atomic E-state index is 5.87. The lowest BCUT2D eigenvalue weighted by atomic mass is 10.2. The van der Waals surface area contributed by atoms with Crippen LogP contribution in [0.5, 0.6) is 11.5 Å². The number of hydrogen-bond donors (Lipinski definition) is 1. The van der Waals surface area contributed by atoms with E-state index in [1.165, 1.54) is 5.56 Å². The Kier molecular flexibility index (Phi) is 4.93. The molecular formula is C16H20N2O. The van der Waals surface area contributed by atoms with Crippen molar-refractivity contribution in [1.82, 2.24) is 10.3 Å². The topological polar surface area (TPSA) is 34.1 Å². The van der Waals surface area contributed by atoms with E-state index in [0.29, 0.717) is 0 Å². The van der Waals surface area contributed by atoms with Gasteiger partial charge < -0.3 is 10.1 Å². The number of nitrogens with one attached hydrogen (secondary N) is 1. The van der Waals surface area contributed by atoms with E-state index in [1.54, 1.807) is 6.20 Å². The van der Waals surface area contributed by atoms with Gasteiger partial charge in [0.25, 0.3) is 0 Å². The average molecular weight is 256 g/mol. The molecule has 0 saturated carbocycles. The standard InChI is InChI=1S/C16H20N2O/c1-3-9-17-12-14-6-4-7-15(11-14)19-16-8-5-10-18-13(16)2/h4-8,10-11,17H,3,9,12H2,1-2H3. The number of aromatic nitrogens is 1. The lowest BCUT2D eigenvalue weighted by Crippen LogP contribution is -2.13. The van der Waals surface area contributed by atoms with Gasteiger partial charge in [0.2, 0.25) is 0 Å². The first-order chi connectivity index (χ1) is 9.29. The van der Waals surface area contributed by atoms with Crippen LogP contribution >= 0.6 is 0 Å². The van der Waals surface area contributed by atoms with E-state index < -0.39 is 0 Å². The van der Waals surface area contributed by atoms with E-state index in [4.69, 9.17) is 4.74 Å². The van der Waals surface area contributed by atoms with Crippen LogP contribution in [0.25, 0.3) is 0 Å². The van der Waals surface area contributed by atoms with E-state index in [0.717, 1.165) is 36.7 Å². The molecule has 3 nitrogen and oxygen atoms in total. The van der Waals surface area contributed by atoms with Gasteiger partial charge in [-0.25, -0.2) is 0 Å². The highest BCUT2D eigenvalue weighted by atomic mass is 16.5. The maximum Gasteiger partial charge on any atom is 0.148 e. The van der Waals surface area contributed by atoms with E-state index in [2.05, 4.69) is 29.4 Å². The molecule has 0 saturated heterocycles. The van der Waals surface area contributed by atoms with Crippen molar-refractivity contribution in [3.63, 3.8) is 0 Å². The van der Waals surface area contributed by atoms with Crippen molar-refractivity contribution in [2.24, 2.45) is 0 Å². The number of pyridine rings is 1. The van der Waals surface area contributed by atoms with Gasteiger partial charge in [-0.1, -0.05) is 19.1 Å². The molecule has 2 rings (SSSR count). The van der Waals surface area contributed by atoms with E-state index >= 15 is 0 Å². The van der Waals surface area contributed by atoms with Crippen LogP contribution < -0.4 is 10.1 Å². The highest BCUT2D eigenvalue weighted by Crippen LogP contribution is 2.23. The van der Waals surface area contributed by atoms with E-state index in [9.17, 15) is 0 Å². The predicted octanol–water partition coefficient (Wildman–Crippen LogP) is 3.68. The summed E-state index contributed by atoms with van der Waals surface area (Å²) in [6, 6.07) is 12.0. The molecule has 2 aromatic rings. The van der Waals surface area contributed by atoms with Gasteiger partial charge in [-0.2, -0.15) is 0 Å². The molecular weight excluding hydrogens is 236 g/mol. The molecule has 19 heavy (non-hydrogen) atoms. The van der Waals surface area contributed by atoms with Crippen molar-refractivity contribution in [3.8, 4) is 11.5 Å². The van der Waals surface area contributed by atoms with Gasteiger partial charge in [0.05, 0.1) is 5.69 Å². The van der Waals surface area contributed by atoms with Gasteiger partial charge in [0.1, 0.15) is 11.5 Å². The quantitative estimate of drug-likeness (QED) is 0.800. The second-order valence-corrected chi connectivity index (χ2v) is 4.51. The lowest BCUT2D eigenvalue weighted by Gasteiger charge is -2.09. The molecule has 100 valence electrons. The van der Waals surface area contributed by atoms with Crippen molar-refractivity contribution < 1.29 is 4.74 Å². The van der Waals surface area contributed by atoms with Gasteiger partial charge in [-0.3, -0.25) is 4.98 Å². The molecule has 0 radical (unpaired) electrons. The molecule has 0 bridgehead atoms. The summed E-state index contributed by atoms with van der Waals surface area (Å²) in [6.07, 6.45) is 2.92. The molecule has 0 amide bonds. The fourth-order valence-corrected chi connectivity index (χ4v) is 1.83. The second-order valence-electron chi connectivity index (χ2n) is 4.51. The average Bonchev–Trinajstić information content (AvgIpc) is 2.42. The molecule has 0 aliphatic rings. The Labute approximate surface area is 114 Å². The minimum Gasteiger partial charge on any atom is -0.455 e. The second kappa shape index (κ2) is 6.90. The Hall–Kier alpha value is -1.87. The number of rotatable bonds is 6. The number of aryl methyl sites for hydroxylation is 1. The van der Waals surface area contributed by atoms with Gasteiger partial charge in [0.15, 0.2) is 0 Å². The Bertz CT molecular complexity index is 526. The molecule has 0 spiro atoms. The number of ether oxygens (including phenoxy) is 1. The van der Waals surface area contributed by atoms with Gasteiger partial charge in [-0.05, 0) is 49.7 Å². The molecule has 0 aliphatic carbocycles. The largest absolute Gasteiger partial charge is 0.455 e. The third-order valence-electron chi connectivity index (χ3n) is 2.84. The van der Waals surface area contributed by atoms with Crippen molar-refractivity contribution in [1.29, 1.82) is 0 Å². The zero-order chi connectivity index (χ0) is 13.5. The minimum absolute atomic E-state index is 0.807. The molecule has 0 fully saturated rings. The number of hydrogen-bond acceptors (Lipinski definition) is 3. The predicted molar refractivity (Wildman–Crippen MR) is 77.5 cm³/mol. The summed E-state index contributed by atoms with van der Waals surface area (Å²) in [5, 5.41) is 3.39. The molecule has 3 heteroatoms. The zero-order valence-electron chi connectivity index (χ0n) is 11.5. The molecule has 1 aromatic heterocycles. The van der Waals surface area contributed by atoms with Crippen LogP contribution in [0.2, 0.25) is 0 Å². The molecule has 1 heterocycles.